The van der Waals surface area contributed by atoms with E-state index in [1.807, 2.05) is 0 Å². The summed E-state index contributed by atoms with van der Waals surface area (Å²) in [5, 5.41) is 13.3. The number of benzene rings is 1. The third-order valence-corrected chi connectivity index (χ3v) is 2.67. The van der Waals surface area contributed by atoms with E-state index in [4.69, 9.17) is 5.11 Å². The summed E-state index contributed by atoms with van der Waals surface area (Å²) >= 11 is 3.00. The minimum absolute atomic E-state index is 0.00675. The summed E-state index contributed by atoms with van der Waals surface area (Å²) in [4.78, 5) is 21.6. The lowest BCUT2D eigenvalue weighted by Crippen LogP contribution is -2.29. The van der Waals surface area contributed by atoms with Gasteiger partial charge in [0, 0.05) is 18.7 Å². The monoisotopic (exact) mass is 318 g/mol. The number of carbonyl (C=O) groups excluding carboxylic acids is 1. The topological polar surface area (TPSA) is 78.4 Å². The molecule has 0 bridgehead atoms. The number of halogens is 2. The van der Waals surface area contributed by atoms with E-state index >= 15 is 0 Å². The van der Waals surface area contributed by atoms with Crippen molar-refractivity contribution in [3.8, 4) is 0 Å². The first-order valence-electron chi connectivity index (χ1n) is 5.20. The zero-order valence-corrected chi connectivity index (χ0v) is 11.0. The molecule has 98 valence electrons. The van der Waals surface area contributed by atoms with E-state index in [2.05, 4.69) is 26.6 Å². The highest BCUT2D eigenvalue weighted by Crippen LogP contribution is 2.19. The summed E-state index contributed by atoms with van der Waals surface area (Å²) < 4.78 is 13.5. The molecule has 0 saturated heterocycles. The molecule has 0 aliphatic rings. The fraction of sp³-hybridized carbons (Fsp3) is 0.273. The zero-order valence-electron chi connectivity index (χ0n) is 9.37. The maximum atomic E-state index is 13.1. The number of urea groups is 1. The van der Waals surface area contributed by atoms with Crippen LogP contribution < -0.4 is 10.6 Å². The summed E-state index contributed by atoms with van der Waals surface area (Å²) in [6.45, 7) is 0.247. The third-order valence-electron chi connectivity index (χ3n) is 2.03. The highest BCUT2D eigenvalue weighted by atomic mass is 79.9. The lowest BCUT2D eigenvalue weighted by molar-refractivity contribution is -0.137. The largest absolute Gasteiger partial charge is 0.481 e. The molecule has 0 unspecified atom stereocenters. The van der Waals surface area contributed by atoms with Gasteiger partial charge in [-0.3, -0.25) is 4.79 Å². The number of carbonyl (C=O) groups is 2. The smallest absolute Gasteiger partial charge is 0.319 e. The van der Waals surface area contributed by atoms with Crippen LogP contribution in [0.3, 0.4) is 0 Å². The van der Waals surface area contributed by atoms with Crippen LogP contribution >= 0.6 is 15.9 Å². The van der Waals surface area contributed by atoms with Crippen molar-refractivity contribution >= 4 is 33.6 Å². The van der Waals surface area contributed by atoms with Gasteiger partial charge in [-0.25, -0.2) is 9.18 Å². The van der Waals surface area contributed by atoms with Crippen LogP contribution in [-0.2, 0) is 4.79 Å². The number of anilines is 1. The molecular weight excluding hydrogens is 307 g/mol. The minimum atomic E-state index is -0.910. The second-order valence-electron chi connectivity index (χ2n) is 3.51. The van der Waals surface area contributed by atoms with Crippen LogP contribution in [-0.4, -0.2) is 23.7 Å². The van der Waals surface area contributed by atoms with Gasteiger partial charge in [-0.15, -0.1) is 0 Å². The maximum Gasteiger partial charge on any atom is 0.319 e. The normalized spacial score (nSPS) is 9.89. The molecule has 0 saturated carbocycles. The predicted octanol–water partition coefficient (Wildman–Crippen LogP) is 2.57. The Morgan fingerprint density at radius 2 is 2.11 bits per heavy atom. The molecule has 2 amide bonds. The number of rotatable bonds is 5. The van der Waals surface area contributed by atoms with Crippen molar-refractivity contribution in [3.05, 3.63) is 28.5 Å². The average Bonchev–Trinajstić information content (AvgIpc) is 2.29. The van der Waals surface area contributed by atoms with Crippen LogP contribution in [0.1, 0.15) is 12.8 Å². The van der Waals surface area contributed by atoms with Gasteiger partial charge in [0.2, 0.25) is 0 Å². The van der Waals surface area contributed by atoms with Crippen molar-refractivity contribution in [2.45, 2.75) is 12.8 Å². The van der Waals surface area contributed by atoms with E-state index in [1.165, 1.54) is 12.1 Å². The molecule has 5 nitrogen and oxygen atoms in total. The Kier molecular flexibility index (Phi) is 5.57. The van der Waals surface area contributed by atoms with Crippen LogP contribution in [0.5, 0.6) is 0 Å². The van der Waals surface area contributed by atoms with Crippen molar-refractivity contribution in [1.29, 1.82) is 0 Å². The average molecular weight is 319 g/mol. The van der Waals surface area contributed by atoms with Gasteiger partial charge in [-0.2, -0.15) is 0 Å². The Hall–Kier alpha value is -1.63. The number of carboxylic acid groups (broad SMARTS) is 1. The molecule has 0 fully saturated rings. The van der Waals surface area contributed by atoms with Gasteiger partial charge in [-0.1, -0.05) is 0 Å². The van der Waals surface area contributed by atoms with Crippen LogP contribution in [0, 0.1) is 5.82 Å². The molecule has 1 aromatic carbocycles. The molecule has 0 aromatic heterocycles. The fourth-order valence-corrected chi connectivity index (χ4v) is 1.44. The van der Waals surface area contributed by atoms with Crippen LogP contribution in [0.25, 0.3) is 0 Å². The number of carboxylic acids is 1. The molecule has 0 spiro atoms. The first-order chi connectivity index (χ1) is 8.49. The first-order valence-corrected chi connectivity index (χ1v) is 6.00. The number of nitrogens with one attached hydrogen (secondary N) is 2. The van der Waals surface area contributed by atoms with Crippen molar-refractivity contribution in [2.75, 3.05) is 11.9 Å². The molecule has 0 aliphatic heterocycles. The van der Waals surface area contributed by atoms with E-state index in [9.17, 15) is 14.0 Å². The van der Waals surface area contributed by atoms with Crippen molar-refractivity contribution in [3.63, 3.8) is 0 Å². The molecule has 0 atom stereocenters. The fourth-order valence-electron chi connectivity index (χ4n) is 1.19. The Morgan fingerprint density at radius 1 is 1.39 bits per heavy atom. The van der Waals surface area contributed by atoms with Crippen molar-refractivity contribution in [1.82, 2.24) is 5.32 Å². The lowest BCUT2D eigenvalue weighted by Gasteiger charge is -2.07. The van der Waals surface area contributed by atoms with Gasteiger partial charge >= 0.3 is 12.0 Å². The molecule has 7 heteroatoms. The van der Waals surface area contributed by atoms with Crippen LogP contribution in [0.15, 0.2) is 22.7 Å². The Bertz CT molecular complexity index is 454. The molecule has 1 aromatic rings. The quantitative estimate of drug-likeness (QED) is 0.730. The number of hydrogen-bond donors (Lipinski definition) is 3. The highest BCUT2D eigenvalue weighted by Gasteiger charge is 2.04. The summed E-state index contributed by atoms with van der Waals surface area (Å²) in [5.41, 5.74) is 0.325. The summed E-state index contributed by atoms with van der Waals surface area (Å²) in [6, 6.07) is 3.71. The summed E-state index contributed by atoms with van der Waals surface area (Å²) in [5.74, 6) is -1.38. The van der Waals surface area contributed by atoms with Gasteiger partial charge in [0.25, 0.3) is 0 Å². The van der Waals surface area contributed by atoms with Crippen molar-refractivity contribution < 1.29 is 19.1 Å². The van der Waals surface area contributed by atoms with E-state index in [1.54, 1.807) is 6.07 Å². The van der Waals surface area contributed by atoms with E-state index < -0.39 is 17.8 Å². The molecule has 1 rings (SSSR count). The Morgan fingerprint density at radius 3 is 2.72 bits per heavy atom. The molecule has 0 aliphatic carbocycles. The van der Waals surface area contributed by atoms with Gasteiger partial charge in [-0.05, 0) is 40.5 Å². The van der Waals surface area contributed by atoms with Gasteiger partial charge in [0.15, 0.2) is 0 Å². The second kappa shape index (κ2) is 6.95. The van der Waals surface area contributed by atoms with Crippen molar-refractivity contribution in [2.24, 2.45) is 0 Å². The van der Waals surface area contributed by atoms with Crippen LogP contribution in [0.4, 0.5) is 14.9 Å². The van der Waals surface area contributed by atoms with Gasteiger partial charge in [0.1, 0.15) is 5.82 Å². The molecule has 18 heavy (non-hydrogen) atoms. The number of amides is 2. The van der Waals surface area contributed by atoms with Gasteiger partial charge < -0.3 is 15.7 Å². The lowest BCUT2D eigenvalue weighted by atomic mass is 10.3. The Labute approximate surface area is 112 Å². The van der Waals surface area contributed by atoms with E-state index in [0.29, 0.717) is 16.6 Å². The standard InChI is InChI=1S/C11H12BrFN2O3/c12-8-4-3-7(6-9(8)13)15-11(18)14-5-1-2-10(16)17/h3-4,6H,1-2,5H2,(H,16,17)(H2,14,15,18). The summed E-state index contributed by atoms with van der Waals surface area (Å²) in [6.07, 6.45) is 0.338. The third kappa shape index (κ3) is 5.13. The maximum absolute atomic E-state index is 13.1. The molecule has 0 radical (unpaired) electrons. The molecular formula is C11H12BrFN2O3. The first kappa shape index (κ1) is 14.4. The van der Waals surface area contributed by atoms with E-state index in [0.717, 1.165) is 0 Å². The SMILES string of the molecule is O=C(O)CCCNC(=O)Nc1ccc(Br)c(F)c1. The Balaban J connectivity index is 2.35. The highest BCUT2D eigenvalue weighted by molar-refractivity contribution is 9.10. The second-order valence-corrected chi connectivity index (χ2v) is 4.36. The van der Waals surface area contributed by atoms with Gasteiger partial charge in [0.05, 0.1) is 4.47 Å². The predicted molar refractivity (Wildman–Crippen MR) is 68.0 cm³/mol. The minimum Gasteiger partial charge on any atom is -0.481 e. The number of hydrogen-bond acceptors (Lipinski definition) is 2. The van der Waals surface area contributed by atoms with Crippen LogP contribution in [0.2, 0.25) is 0 Å². The zero-order chi connectivity index (χ0) is 13.5. The van der Waals surface area contributed by atoms with E-state index in [-0.39, 0.29) is 13.0 Å². The molecule has 0 heterocycles. The number of aliphatic carboxylic acids is 1. The summed E-state index contributed by atoms with van der Waals surface area (Å²) in [7, 11) is 0. The molecule has 3 N–H and O–H groups in total.